The number of hydrogen-bond donors (Lipinski definition) is 1. The first kappa shape index (κ1) is 14.2. The van der Waals surface area contributed by atoms with Crippen LogP contribution in [0.2, 0.25) is 5.02 Å². The number of nitrogens with zero attached hydrogens (tertiary/aromatic N) is 1. The average molecular weight is 284 g/mol. The molecule has 0 saturated heterocycles. The maximum atomic E-state index is 10.7. The molecule has 1 aliphatic carbocycles. The molecule has 1 aromatic rings. The summed E-state index contributed by atoms with van der Waals surface area (Å²) >= 11 is 5.79. The lowest BCUT2D eigenvalue weighted by Gasteiger charge is -2.19. The van der Waals surface area contributed by atoms with Crippen LogP contribution in [-0.4, -0.2) is 41.7 Å². The number of benzene rings is 1. The summed E-state index contributed by atoms with van der Waals surface area (Å²) in [5.74, 6) is 0.0335. The predicted molar refractivity (Wildman–Crippen MR) is 73.8 cm³/mol. The maximum Gasteiger partial charge on any atom is 0.317 e. The van der Waals surface area contributed by atoms with Crippen molar-refractivity contribution in [1.82, 2.24) is 4.90 Å². The number of hydrogen-bond acceptors (Lipinski definition) is 3. The standard InChI is InChI=1S/C14H18ClNO3/c15-11-2-6-13(7-3-11)19-9-1-8-16(10-14(17)18)12-4-5-12/h2-3,6-7,12H,1,4-5,8-10H2,(H,17,18). The number of halogens is 1. The molecule has 1 N–H and O–H groups in total. The Bertz CT molecular complexity index is 417. The fourth-order valence-corrected chi connectivity index (χ4v) is 2.12. The molecule has 0 aliphatic heterocycles. The zero-order valence-corrected chi connectivity index (χ0v) is 11.5. The summed E-state index contributed by atoms with van der Waals surface area (Å²) in [6.45, 7) is 1.49. The van der Waals surface area contributed by atoms with Crippen molar-refractivity contribution in [2.24, 2.45) is 0 Å². The van der Waals surface area contributed by atoms with Crippen molar-refractivity contribution >= 4 is 17.6 Å². The fourth-order valence-electron chi connectivity index (χ4n) is 1.99. The van der Waals surface area contributed by atoms with E-state index in [2.05, 4.69) is 0 Å². The van der Waals surface area contributed by atoms with Gasteiger partial charge in [-0.25, -0.2) is 0 Å². The maximum absolute atomic E-state index is 10.7. The molecule has 0 atom stereocenters. The number of rotatable bonds is 8. The predicted octanol–water partition coefficient (Wildman–Crippen LogP) is 2.66. The van der Waals surface area contributed by atoms with Gasteiger partial charge in [-0.05, 0) is 43.5 Å². The van der Waals surface area contributed by atoms with Gasteiger partial charge in [-0.15, -0.1) is 0 Å². The second-order valence-corrected chi connectivity index (χ2v) is 5.19. The number of carbonyl (C=O) groups is 1. The quantitative estimate of drug-likeness (QED) is 0.745. The Balaban J connectivity index is 1.67. The van der Waals surface area contributed by atoms with Gasteiger partial charge in [0.25, 0.3) is 0 Å². The molecule has 0 unspecified atom stereocenters. The van der Waals surface area contributed by atoms with E-state index in [1.165, 1.54) is 0 Å². The van der Waals surface area contributed by atoms with Crippen LogP contribution in [0.1, 0.15) is 19.3 Å². The van der Waals surface area contributed by atoms with Crippen molar-refractivity contribution in [2.45, 2.75) is 25.3 Å². The molecule has 1 saturated carbocycles. The van der Waals surface area contributed by atoms with Crippen molar-refractivity contribution in [3.8, 4) is 5.75 Å². The van der Waals surface area contributed by atoms with E-state index in [0.29, 0.717) is 17.7 Å². The first-order valence-corrected chi connectivity index (χ1v) is 6.87. The Labute approximate surface area is 117 Å². The van der Waals surface area contributed by atoms with Gasteiger partial charge in [0.2, 0.25) is 0 Å². The lowest BCUT2D eigenvalue weighted by molar-refractivity contribution is -0.138. The fraction of sp³-hybridized carbons (Fsp3) is 0.500. The molecule has 4 nitrogen and oxygen atoms in total. The normalized spacial score (nSPS) is 14.6. The summed E-state index contributed by atoms with van der Waals surface area (Å²) in [7, 11) is 0. The lowest BCUT2D eigenvalue weighted by Crippen LogP contribution is -2.33. The van der Waals surface area contributed by atoms with E-state index >= 15 is 0 Å². The molecule has 104 valence electrons. The van der Waals surface area contributed by atoms with Crippen LogP contribution in [0.3, 0.4) is 0 Å². The third kappa shape index (κ3) is 5.09. The van der Waals surface area contributed by atoms with E-state index in [0.717, 1.165) is 31.6 Å². The molecule has 1 aromatic carbocycles. The van der Waals surface area contributed by atoms with Crippen molar-refractivity contribution < 1.29 is 14.6 Å². The van der Waals surface area contributed by atoms with E-state index in [9.17, 15) is 4.79 Å². The highest BCUT2D eigenvalue weighted by Crippen LogP contribution is 2.26. The first-order valence-electron chi connectivity index (χ1n) is 6.49. The minimum Gasteiger partial charge on any atom is -0.494 e. The molecule has 0 spiro atoms. The molecule has 0 aromatic heterocycles. The molecular formula is C14H18ClNO3. The third-order valence-electron chi connectivity index (χ3n) is 3.07. The van der Waals surface area contributed by atoms with Gasteiger partial charge < -0.3 is 9.84 Å². The van der Waals surface area contributed by atoms with Crippen LogP contribution in [0, 0.1) is 0 Å². The Hall–Kier alpha value is -1.26. The Kier molecular flexibility index (Phi) is 5.05. The van der Waals surface area contributed by atoms with Gasteiger partial charge in [0, 0.05) is 17.6 Å². The van der Waals surface area contributed by atoms with Crippen molar-refractivity contribution in [1.29, 1.82) is 0 Å². The molecule has 0 radical (unpaired) electrons. The van der Waals surface area contributed by atoms with Gasteiger partial charge in [-0.3, -0.25) is 9.69 Å². The monoisotopic (exact) mass is 283 g/mol. The number of carboxylic acid groups (broad SMARTS) is 1. The average Bonchev–Trinajstić information content (AvgIpc) is 3.19. The number of aliphatic carboxylic acids is 1. The van der Waals surface area contributed by atoms with Crippen LogP contribution in [0.25, 0.3) is 0 Å². The highest BCUT2D eigenvalue weighted by molar-refractivity contribution is 6.30. The van der Waals surface area contributed by atoms with Gasteiger partial charge in [-0.2, -0.15) is 0 Å². The van der Waals surface area contributed by atoms with Gasteiger partial charge in [0.05, 0.1) is 13.2 Å². The van der Waals surface area contributed by atoms with Crippen molar-refractivity contribution in [2.75, 3.05) is 19.7 Å². The van der Waals surface area contributed by atoms with E-state index in [1.54, 1.807) is 12.1 Å². The Morgan fingerprint density at radius 2 is 2.05 bits per heavy atom. The summed E-state index contributed by atoms with van der Waals surface area (Å²) in [5, 5.41) is 9.52. The second kappa shape index (κ2) is 6.78. The van der Waals surface area contributed by atoms with Gasteiger partial charge in [0.1, 0.15) is 5.75 Å². The largest absolute Gasteiger partial charge is 0.494 e. The molecule has 2 rings (SSSR count). The van der Waals surface area contributed by atoms with Crippen LogP contribution in [0.5, 0.6) is 5.75 Å². The summed E-state index contributed by atoms with van der Waals surface area (Å²) in [5.41, 5.74) is 0. The summed E-state index contributed by atoms with van der Waals surface area (Å²) in [6.07, 6.45) is 3.06. The lowest BCUT2D eigenvalue weighted by atomic mass is 10.3. The zero-order valence-electron chi connectivity index (χ0n) is 10.7. The van der Waals surface area contributed by atoms with Crippen LogP contribution < -0.4 is 4.74 Å². The Morgan fingerprint density at radius 3 is 2.63 bits per heavy atom. The first-order chi connectivity index (χ1) is 9.15. The number of carboxylic acids is 1. The van der Waals surface area contributed by atoms with Crippen molar-refractivity contribution in [3.63, 3.8) is 0 Å². The zero-order chi connectivity index (χ0) is 13.7. The molecule has 0 bridgehead atoms. The highest BCUT2D eigenvalue weighted by atomic mass is 35.5. The van der Waals surface area contributed by atoms with Crippen LogP contribution in [0.4, 0.5) is 0 Å². The molecule has 19 heavy (non-hydrogen) atoms. The molecule has 1 aliphatic rings. The highest BCUT2D eigenvalue weighted by Gasteiger charge is 2.29. The van der Waals surface area contributed by atoms with Crippen LogP contribution in [-0.2, 0) is 4.79 Å². The topological polar surface area (TPSA) is 49.8 Å². The molecule has 5 heteroatoms. The van der Waals surface area contributed by atoms with Crippen LogP contribution in [0.15, 0.2) is 24.3 Å². The van der Waals surface area contributed by atoms with Gasteiger partial charge in [-0.1, -0.05) is 11.6 Å². The Morgan fingerprint density at radius 1 is 1.37 bits per heavy atom. The van der Waals surface area contributed by atoms with E-state index in [4.69, 9.17) is 21.4 Å². The smallest absolute Gasteiger partial charge is 0.317 e. The van der Waals surface area contributed by atoms with Crippen molar-refractivity contribution in [3.05, 3.63) is 29.3 Å². The van der Waals surface area contributed by atoms with Gasteiger partial charge in [0.15, 0.2) is 0 Å². The molecule has 1 fully saturated rings. The minimum atomic E-state index is -0.759. The molecule has 0 amide bonds. The molecular weight excluding hydrogens is 266 g/mol. The van der Waals surface area contributed by atoms with Crippen LogP contribution >= 0.6 is 11.6 Å². The van der Waals surface area contributed by atoms with Gasteiger partial charge >= 0.3 is 5.97 Å². The SMILES string of the molecule is O=C(O)CN(CCCOc1ccc(Cl)cc1)C1CC1. The van der Waals surface area contributed by atoms with E-state index < -0.39 is 5.97 Å². The third-order valence-corrected chi connectivity index (χ3v) is 3.33. The summed E-state index contributed by atoms with van der Waals surface area (Å²) in [4.78, 5) is 12.8. The van der Waals surface area contributed by atoms with E-state index in [1.807, 2.05) is 17.0 Å². The molecule has 0 heterocycles. The second-order valence-electron chi connectivity index (χ2n) is 4.75. The number of ether oxygens (including phenoxy) is 1. The summed E-state index contributed by atoms with van der Waals surface area (Å²) in [6, 6.07) is 7.71. The van der Waals surface area contributed by atoms with E-state index in [-0.39, 0.29) is 6.54 Å². The summed E-state index contributed by atoms with van der Waals surface area (Å²) < 4.78 is 5.58. The minimum absolute atomic E-state index is 0.131.